The third-order valence-electron chi connectivity index (χ3n) is 5.62. The molecule has 1 N–H and O–H groups in total. The summed E-state index contributed by atoms with van der Waals surface area (Å²) in [5.74, 6) is 0.729. The van der Waals surface area contributed by atoms with Gasteiger partial charge in [-0.05, 0) is 43.4 Å². The molecule has 0 aliphatic heterocycles. The van der Waals surface area contributed by atoms with Crippen LogP contribution < -0.4 is 0 Å². The molecule has 2 bridgehead atoms. The van der Waals surface area contributed by atoms with Gasteiger partial charge in [0.2, 0.25) is 0 Å². The van der Waals surface area contributed by atoms with Gasteiger partial charge >= 0.3 is 5.97 Å². The van der Waals surface area contributed by atoms with E-state index in [0.717, 1.165) is 25.7 Å². The van der Waals surface area contributed by atoms with E-state index in [0.29, 0.717) is 5.92 Å². The largest absolute Gasteiger partial charge is 0.468 e. The number of rotatable bonds is 3. The van der Waals surface area contributed by atoms with Gasteiger partial charge in [-0.2, -0.15) is 0 Å². The number of hydrogen-bond acceptors (Lipinski definition) is 3. The van der Waals surface area contributed by atoms with Crippen LogP contribution >= 0.6 is 0 Å². The standard InChI is InChI=1S/C16H24O3/c1-19-15(18)16(10-11-7-8-13(16)9-11)14(17)12-5-3-2-4-6-12/h7-8,11-14,17H,2-6,9-10H2,1H3/t11-,13+,14+,16+/m0/s1. The van der Waals surface area contributed by atoms with Gasteiger partial charge in [-0.3, -0.25) is 4.79 Å². The number of aliphatic hydroxyl groups excluding tert-OH is 1. The summed E-state index contributed by atoms with van der Waals surface area (Å²) in [7, 11) is 1.45. The second kappa shape index (κ2) is 4.93. The normalized spacial score (nSPS) is 39.5. The molecular weight excluding hydrogens is 240 g/mol. The number of methoxy groups -OCH3 is 1. The Balaban J connectivity index is 1.87. The number of fused-ring (bicyclic) bond motifs is 2. The molecule has 0 aromatic heterocycles. The predicted molar refractivity (Wildman–Crippen MR) is 72.4 cm³/mol. The van der Waals surface area contributed by atoms with E-state index < -0.39 is 11.5 Å². The van der Waals surface area contributed by atoms with Crippen molar-refractivity contribution < 1.29 is 14.6 Å². The number of carbonyl (C=O) groups is 1. The van der Waals surface area contributed by atoms with Crippen molar-refractivity contribution >= 4 is 5.97 Å². The summed E-state index contributed by atoms with van der Waals surface area (Å²) in [6.07, 6.45) is 11.3. The first-order valence-corrected chi connectivity index (χ1v) is 7.63. The Kier molecular flexibility index (Phi) is 3.42. The molecular formula is C16H24O3. The van der Waals surface area contributed by atoms with Gasteiger partial charge < -0.3 is 9.84 Å². The summed E-state index contributed by atoms with van der Waals surface area (Å²) in [4.78, 5) is 12.4. The van der Waals surface area contributed by atoms with Crippen LogP contribution in [0.1, 0.15) is 44.9 Å². The summed E-state index contributed by atoms with van der Waals surface area (Å²) in [6, 6.07) is 0. The molecule has 2 saturated carbocycles. The van der Waals surface area contributed by atoms with E-state index in [1.54, 1.807) is 0 Å². The fraction of sp³-hybridized carbons (Fsp3) is 0.812. The van der Waals surface area contributed by atoms with E-state index in [1.165, 1.54) is 26.4 Å². The lowest BCUT2D eigenvalue weighted by Gasteiger charge is -2.41. The molecule has 3 nitrogen and oxygen atoms in total. The van der Waals surface area contributed by atoms with Gasteiger partial charge in [0, 0.05) is 0 Å². The van der Waals surface area contributed by atoms with Crippen molar-refractivity contribution in [3.05, 3.63) is 12.2 Å². The highest BCUT2D eigenvalue weighted by Crippen LogP contribution is 2.56. The highest BCUT2D eigenvalue weighted by molar-refractivity contribution is 5.79. The zero-order chi connectivity index (χ0) is 13.5. The van der Waals surface area contributed by atoms with Gasteiger partial charge in [0.1, 0.15) is 5.41 Å². The number of hydrogen-bond donors (Lipinski definition) is 1. The Labute approximate surface area is 115 Å². The molecule has 3 aliphatic rings. The smallest absolute Gasteiger partial charge is 0.315 e. The summed E-state index contributed by atoms with van der Waals surface area (Å²) >= 11 is 0. The average molecular weight is 264 g/mol. The molecule has 0 radical (unpaired) electrons. The minimum atomic E-state index is -0.657. The molecule has 0 unspecified atom stereocenters. The van der Waals surface area contributed by atoms with Crippen molar-refractivity contribution in [1.29, 1.82) is 0 Å². The van der Waals surface area contributed by atoms with E-state index in [1.807, 2.05) is 0 Å². The van der Waals surface area contributed by atoms with Crippen molar-refractivity contribution in [3.63, 3.8) is 0 Å². The number of ether oxygens (including phenoxy) is 1. The SMILES string of the molecule is COC(=O)[C@]1([C@H](O)C2CCCCC2)C[C@H]2C=C[C@@H]1C2. The maximum absolute atomic E-state index is 12.4. The van der Waals surface area contributed by atoms with Crippen molar-refractivity contribution in [2.75, 3.05) is 7.11 Å². The highest BCUT2D eigenvalue weighted by atomic mass is 16.5. The van der Waals surface area contributed by atoms with Crippen LogP contribution in [-0.2, 0) is 9.53 Å². The van der Waals surface area contributed by atoms with Crippen molar-refractivity contribution in [3.8, 4) is 0 Å². The van der Waals surface area contributed by atoms with Gasteiger partial charge in [0.15, 0.2) is 0 Å². The molecule has 0 spiro atoms. The van der Waals surface area contributed by atoms with Crippen molar-refractivity contribution in [2.24, 2.45) is 23.2 Å². The fourth-order valence-electron chi connectivity index (χ4n) is 4.65. The molecule has 0 heterocycles. The molecule has 3 rings (SSSR count). The third kappa shape index (κ3) is 1.94. The van der Waals surface area contributed by atoms with Crippen LogP contribution in [-0.4, -0.2) is 24.3 Å². The van der Waals surface area contributed by atoms with Crippen LogP contribution in [0.4, 0.5) is 0 Å². The van der Waals surface area contributed by atoms with Gasteiger partial charge in [0.25, 0.3) is 0 Å². The summed E-state index contributed by atoms with van der Waals surface area (Å²) in [5.41, 5.74) is -0.657. The fourth-order valence-corrected chi connectivity index (χ4v) is 4.65. The Morgan fingerprint density at radius 2 is 2.05 bits per heavy atom. The minimum Gasteiger partial charge on any atom is -0.468 e. The van der Waals surface area contributed by atoms with Gasteiger partial charge in [-0.25, -0.2) is 0 Å². The third-order valence-corrected chi connectivity index (χ3v) is 5.62. The zero-order valence-electron chi connectivity index (χ0n) is 11.7. The maximum atomic E-state index is 12.4. The Bertz CT molecular complexity index is 383. The summed E-state index contributed by atoms with van der Waals surface area (Å²) < 4.78 is 5.07. The monoisotopic (exact) mass is 264 g/mol. The van der Waals surface area contributed by atoms with Crippen LogP contribution in [0.3, 0.4) is 0 Å². The zero-order valence-corrected chi connectivity index (χ0v) is 11.7. The lowest BCUT2D eigenvalue weighted by molar-refractivity contribution is -0.167. The van der Waals surface area contributed by atoms with Crippen LogP contribution in [0.15, 0.2) is 12.2 Å². The Morgan fingerprint density at radius 1 is 1.32 bits per heavy atom. The van der Waals surface area contributed by atoms with Crippen LogP contribution in [0.2, 0.25) is 0 Å². The maximum Gasteiger partial charge on any atom is 0.315 e. The molecule has 3 heteroatoms. The van der Waals surface area contributed by atoms with Crippen LogP contribution in [0, 0.1) is 23.2 Å². The van der Waals surface area contributed by atoms with Gasteiger partial charge in [-0.15, -0.1) is 0 Å². The molecule has 2 fully saturated rings. The summed E-state index contributed by atoms with van der Waals surface area (Å²) in [5, 5.41) is 10.9. The van der Waals surface area contributed by atoms with Crippen molar-refractivity contribution in [2.45, 2.75) is 51.0 Å². The van der Waals surface area contributed by atoms with E-state index >= 15 is 0 Å². The van der Waals surface area contributed by atoms with Crippen LogP contribution in [0.5, 0.6) is 0 Å². The van der Waals surface area contributed by atoms with E-state index in [9.17, 15) is 9.90 Å². The average Bonchev–Trinajstić information content (AvgIpc) is 3.07. The lowest BCUT2D eigenvalue weighted by atomic mass is 9.65. The Hall–Kier alpha value is -0.830. The Morgan fingerprint density at radius 3 is 2.58 bits per heavy atom. The first-order chi connectivity index (χ1) is 9.18. The molecule has 4 atom stereocenters. The second-order valence-corrected chi connectivity index (χ2v) is 6.57. The molecule has 0 aromatic carbocycles. The highest BCUT2D eigenvalue weighted by Gasteiger charge is 2.59. The number of carbonyl (C=O) groups excluding carboxylic acids is 1. The van der Waals surface area contributed by atoms with E-state index in [2.05, 4.69) is 12.2 Å². The summed E-state index contributed by atoms with van der Waals surface area (Å²) in [6.45, 7) is 0. The predicted octanol–water partition coefficient (Wildman–Crippen LogP) is 2.68. The molecule has 0 aromatic rings. The first-order valence-electron chi connectivity index (χ1n) is 7.63. The van der Waals surface area contributed by atoms with Gasteiger partial charge in [-0.1, -0.05) is 31.4 Å². The molecule has 106 valence electrons. The first kappa shape index (κ1) is 13.2. The molecule has 3 aliphatic carbocycles. The minimum absolute atomic E-state index is 0.182. The number of allylic oxidation sites excluding steroid dienone is 2. The molecule has 0 amide bonds. The topological polar surface area (TPSA) is 46.5 Å². The van der Waals surface area contributed by atoms with E-state index in [-0.39, 0.29) is 17.8 Å². The molecule has 0 saturated heterocycles. The molecule has 19 heavy (non-hydrogen) atoms. The van der Waals surface area contributed by atoms with E-state index in [4.69, 9.17) is 4.74 Å². The van der Waals surface area contributed by atoms with Gasteiger partial charge in [0.05, 0.1) is 13.2 Å². The number of aliphatic hydroxyl groups is 1. The lowest BCUT2D eigenvalue weighted by Crippen LogP contribution is -2.50. The number of esters is 1. The van der Waals surface area contributed by atoms with Crippen LogP contribution in [0.25, 0.3) is 0 Å². The quantitative estimate of drug-likeness (QED) is 0.629. The second-order valence-electron chi connectivity index (χ2n) is 6.57. The van der Waals surface area contributed by atoms with Crippen molar-refractivity contribution in [1.82, 2.24) is 0 Å².